The van der Waals surface area contributed by atoms with Crippen LogP contribution in [0.1, 0.15) is 19.4 Å². The highest BCUT2D eigenvalue weighted by Crippen LogP contribution is 2.33. The Hall–Kier alpha value is -2.82. The quantitative estimate of drug-likeness (QED) is 0.743. The van der Waals surface area contributed by atoms with E-state index in [-0.39, 0.29) is 5.91 Å². The number of anilines is 1. The lowest BCUT2D eigenvalue weighted by Crippen LogP contribution is -2.25. The number of amides is 1. The summed E-state index contributed by atoms with van der Waals surface area (Å²) in [5.41, 5.74) is 5.01. The zero-order valence-electron chi connectivity index (χ0n) is 13.8. The summed E-state index contributed by atoms with van der Waals surface area (Å²) in [5, 5.41) is 0. The predicted octanol–water partition coefficient (Wildman–Crippen LogP) is 3.31. The number of imidazole rings is 1. The first-order valence-electron chi connectivity index (χ1n) is 8.19. The maximum atomic E-state index is 11.7. The number of ether oxygens (including phenoxy) is 1. The molecule has 1 aromatic carbocycles. The smallest absolute Gasteiger partial charge is 0.223 e. The molecule has 1 aliphatic rings. The Morgan fingerprint density at radius 2 is 2.21 bits per heavy atom. The highest BCUT2D eigenvalue weighted by molar-refractivity contribution is 5.94. The van der Waals surface area contributed by atoms with Crippen molar-refractivity contribution in [1.29, 1.82) is 0 Å². The summed E-state index contributed by atoms with van der Waals surface area (Å²) in [6, 6.07) is 10.1. The van der Waals surface area contributed by atoms with Crippen molar-refractivity contribution in [3.8, 4) is 17.0 Å². The monoisotopic (exact) mass is 321 g/mol. The van der Waals surface area contributed by atoms with Gasteiger partial charge in [-0.2, -0.15) is 0 Å². The third-order valence-corrected chi connectivity index (χ3v) is 4.40. The first kappa shape index (κ1) is 14.8. The summed E-state index contributed by atoms with van der Waals surface area (Å²) in [4.78, 5) is 18.2. The van der Waals surface area contributed by atoms with E-state index in [2.05, 4.69) is 6.07 Å². The summed E-state index contributed by atoms with van der Waals surface area (Å²) in [6.45, 7) is 4.95. The molecule has 0 radical (unpaired) electrons. The van der Waals surface area contributed by atoms with Gasteiger partial charge in [0.15, 0.2) is 11.4 Å². The van der Waals surface area contributed by atoms with E-state index in [0.717, 1.165) is 41.3 Å². The predicted molar refractivity (Wildman–Crippen MR) is 93.5 cm³/mol. The second-order valence-electron chi connectivity index (χ2n) is 5.93. The zero-order chi connectivity index (χ0) is 16.7. The molecule has 0 bridgehead atoms. The van der Waals surface area contributed by atoms with Crippen LogP contribution >= 0.6 is 0 Å². The van der Waals surface area contributed by atoms with E-state index in [9.17, 15) is 4.79 Å². The lowest BCUT2D eigenvalue weighted by atomic mass is 10.1. The third-order valence-electron chi connectivity index (χ3n) is 4.40. The van der Waals surface area contributed by atoms with E-state index < -0.39 is 0 Å². The number of fused-ring (bicyclic) bond motifs is 2. The molecule has 122 valence electrons. The number of hydrogen-bond donors (Lipinski definition) is 0. The molecule has 0 saturated carbocycles. The van der Waals surface area contributed by atoms with E-state index in [1.165, 1.54) is 5.56 Å². The molecule has 0 unspecified atom stereocenters. The fraction of sp³-hybridized carbons (Fsp3) is 0.263. The summed E-state index contributed by atoms with van der Waals surface area (Å²) in [7, 11) is 0. The minimum Gasteiger partial charge on any atom is -0.490 e. The molecule has 5 nitrogen and oxygen atoms in total. The van der Waals surface area contributed by atoms with Crippen LogP contribution in [-0.4, -0.2) is 28.4 Å². The second-order valence-corrected chi connectivity index (χ2v) is 5.93. The van der Waals surface area contributed by atoms with Crippen LogP contribution in [0.4, 0.5) is 5.69 Å². The molecule has 1 aliphatic heterocycles. The van der Waals surface area contributed by atoms with Crippen LogP contribution in [-0.2, 0) is 11.2 Å². The summed E-state index contributed by atoms with van der Waals surface area (Å²) in [6.07, 6.45) is 4.87. The lowest BCUT2D eigenvalue weighted by Gasteiger charge is -2.14. The van der Waals surface area contributed by atoms with E-state index in [4.69, 9.17) is 9.72 Å². The number of hydrogen-bond acceptors (Lipinski definition) is 3. The largest absolute Gasteiger partial charge is 0.490 e. The molecule has 0 fully saturated rings. The van der Waals surface area contributed by atoms with Crippen LogP contribution in [0.2, 0.25) is 0 Å². The molecule has 3 heterocycles. The first-order chi connectivity index (χ1) is 11.7. The van der Waals surface area contributed by atoms with Crippen LogP contribution < -0.4 is 9.64 Å². The van der Waals surface area contributed by atoms with Crippen molar-refractivity contribution in [2.45, 2.75) is 20.3 Å². The summed E-state index contributed by atoms with van der Waals surface area (Å²) >= 11 is 0. The third kappa shape index (κ3) is 2.33. The molecule has 0 aliphatic carbocycles. The standard InChI is InChI=1S/C19H19N3O2/c1-3-24-18-5-4-9-21-12-16(20-19(18)21)14-6-7-17-15(11-14)8-10-22(17)13(2)23/h4-7,9,11-12H,3,8,10H2,1-2H3. The van der Waals surface area contributed by atoms with Crippen molar-refractivity contribution in [3.63, 3.8) is 0 Å². The van der Waals surface area contributed by atoms with E-state index in [1.807, 2.05) is 52.9 Å². The van der Waals surface area contributed by atoms with Crippen molar-refractivity contribution in [1.82, 2.24) is 9.38 Å². The Morgan fingerprint density at radius 1 is 1.33 bits per heavy atom. The lowest BCUT2D eigenvalue weighted by molar-refractivity contribution is -0.116. The van der Waals surface area contributed by atoms with Gasteiger partial charge >= 0.3 is 0 Å². The Balaban J connectivity index is 1.76. The average molecular weight is 321 g/mol. The number of benzene rings is 1. The fourth-order valence-electron chi connectivity index (χ4n) is 3.28. The maximum Gasteiger partial charge on any atom is 0.223 e. The summed E-state index contributed by atoms with van der Waals surface area (Å²) < 4.78 is 7.64. The molecule has 1 amide bonds. The van der Waals surface area contributed by atoms with Gasteiger partial charge < -0.3 is 14.0 Å². The van der Waals surface area contributed by atoms with E-state index in [0.29, 0.717) is 6.61 Å². The van der Waals surface area contributed by atoms with Crippen molar-refractivity contribution in [2.75, 3.05) is 18.1 Å². The average Bonchev–Trinajstić information content (AvgIpc) is 3.19. The number of carbonyl (C=O) groups excluding carboxylic acids is 1. The minimum absolute atomic E-state index is 0.0931. The molecule has 2 aromatic heterocycles. The van der Waals surface area contributed by atoms with Crippen LogP contribution in [0.15, 0.2) is 42.7 Å². The number of aromatic nitrogens is 2. The molecule has 4 rings (SSSR count). The van der Waals surface area contributed by atoms with Gasteiger partial charge in [-0.05, 0) is 43.2 Å². The topological polar surface area (TPSA) is 46.8 Å². The molecule has 0 spiro atoms. The molecule has 24 heavy (non-hydrogen) atoms. The van der Waals surface area contributed by atoms with Crippen molar-refractivity contribution in [2.24, 2.45) is 0 Å². The van der Waals surface area contributed by atoms with E-state index in [1.54, 1.807) is 6.92 Å². The molecular weight excluding hydrogens is 302 g/mol. The van der Waals surface area contributed by atoms with Gasteiger partial charge in [-0.15, -0.1) is 0 Å². The van der Waals surface area contributed by atoms with Crippen molar-refractivity contribution >= 4 is 17.2 Å². The normalized spacial score (nSPS) is 13.3. The number of pyridine rings is 1. The molecule has 3 aromatic rings. The highest BCUT2D eigenvalue weighted by Gasteiger charge is 2.22. The zero-order valence-corrected chi connectivity index (χ0v) is 13.8. The Morgan fingerprint density at radius 3 is 3.00 bits per heavy atom. The van der Waals surface area contributed by atoms with Crippen LogP contribution in [0.5, 0.6) is 5.75 Å². The molecular formula is C19H19N3O2. The highest BCUT2D eigenvalue weighted by atomic mass is 16.5. The van der Waals surface area contributed by atoms with Gasteiger partial charge in [0.2, 0.25) is 5.91 Å². The van der Waals surface area contributed by atoms with Crippen LogP contribution in [0, 0.1) is 0 Å². The SMILES string of the molecule is CCOc1cccn2cc(-c3ccc4c(c3)CCN4C(C)=O)nc12. The van der Waals surface area contributed by atoms with Crippen molar-refractivity contribution < 1.29 is 9.53 Å². The van der Waals surface area contributed by atoms with E-state index >= 15 is 0 Å². The molecule has 0 atom stereocenters. The molecule has 0 saturated heterocycles. The van der Waals surface area contributed by atoms with Crippen LogP contribution in [0.25, 0.3) is 16.9 Å². The van der Waals surface area contributed by atoms with Gasteiger partial charge in [0.25, 0.3) is 0 Å². The molecule has 5 heteroatoms. The van der Waals surface area contributed by atoms with Crippen molar-refractivity contribution in [3.05, 3.63) is 48.3 Å². The van der Waals surface area contributed by atoms with Gasteiger partial charge in [-0.3, -0.25) is 4.79 Å². The fourth-order valence-corrected chi connectivity index (χ4v) is 3.28. The molecule has 0 N–H and O–H groups in total. The Labute approximate surface area is 140 Å². The first-order valence-corrected chi connectivity index (χ1v) is 8.19. The van der Waals surface area contributed by atoms with Crippen LogP contribution in [0.3, 0.4) is 0 Å². The Bertz CT molecular complexity index is 930. The number of carbonyl (C=O) groups is 1. The summed E-state index contributed by atoms with van der Waals surface area (Å²) in [5.74, 6) is 0.880. The number of rotatable bonds is 3. The van der Waals surface area contributed by atoms with Gasteiger partial charge in [-0.25, -0.2) is 4.98 Å². The second kappa shape index (κ2) is 5.67. The van der Waals surface area contributed by atoms with Gasteiger partial charge in [0.1, 0.15) is 0 Å². The maximum absolute atomic E-state index is 11.7. The van der Waals surface area contributed by atoms with Gasteiger partial charge in [0.05, 0.1) is 12.3 Å². The van der Waals surface area contributed by atoms with Gasteiger partial charge in [-0.1, -0.05) is 6.07 Å². The Kier molecular flexibility index (Phi) is 3.49. The number of nitrogens with zero attached hydrogens (tertiary/aromatic N) is 3. The van der Waals surface area contributed by atoms with Gasteiger partial charge in [0, 0.05) is 37.1 Å². The minimum atomic E-state index is 0.0931.